The molecule has 1 aromatic rings. The van der Waals surface area contributed by atoms with Crippen LogP contribution < -0.4 is 5.32 Å². The van der Waals surface area contributed by atoms with Gasteiger partial charge in [0.15, 0.2) is 0 Å². The van der Waals surface area contributed by atoms with Crippen LogP contribution in [0.3, 0.4) is 0 Å². The Kier molecular flexibility index (Phi) is 4.88. The summed E-state index contributed by atoms with van der Waals surface area (Å²) in [7, 11) is 0. The summed E-state index contributed by atoms with van der Waals surface area (Å²) < 4.78 is 0. The highest BCUT2D eigenvalue weighted by Crippen LogP contribution is 2.26. The molecule has 0 saturated carbocycles. The molecule has 2 heteroatoms. The lowest BCUT2D eigenvalue weighted by Gasteiger charge is -2.21. The Morgan fingerprint density at radius 1 is 1.31 bits per heavy atom. The molecule has 0 aliphatic heterocycles. The van der Waals surface area contributed by atoms with Crippen LogP contribution in [0.2, 0.25) is 0 Å². The summed E-state index contributed by atoms with van der Waals surface area (Å²) >= 11 is 0. The fourth-order valence-electron chi connectivity index (χ4n) is 1.74. The maximum Gasteiger partial charge on any atom is 0.120 e. The number of hydrogen-bond acceptors (Lipinski definition) is 2. The third kappa shape index (κ3) is 3.01. The van der Waals surface area contributed by atoms with Gasteiger partial charge in [-0.2, -0.15) is 0 Å². The first-order valence-corrected chi connectivity index (χ1v) is 5.73. The van der Waals surface area contributed by atoms with Gasteiger partial charge in [-0.3, -0.25) is 5.32 Å². The molecule has 2 atom stereocenters. The lowest BCUT2D eigenvalue weighted by Crippen LogP contribution is -2.30. The minimum Gasteiger partial charge on any atom is -0.508 e. The van der Waals surface area contributed by atoms with Crippen LogP contribution in [0.4, 0.5) is 0 Å². The van der Waals surface area contributed by atoms with E-state index in [0.29, 0.717) is 5.75 Å². The van der Waals surface area contributed by atoms with Crippen LogP contribution in [-0.2, 0) is 0 Å². The van der Waals surface area contributed by atoms with E-state index in [1.54, 1.807) is 6.07 Å². The van der Waals surface area contributed by atoms with E-state index in [4.69, 9.17) is 6.42 Å². The van der Waals surface area contributed by atoms with Gasteiger partial charge in [-0.05, 0) is 18.9 Å². The molecule has 1 rings (SSSR count). The van der Waals surface area contributed by atoms with E-state index in [1.165, 1.54) is 0 Å². The van der Waals surface area contributed by atoms with Crippen LogP contribution in [0.25, 0.3) is 0 Å². The average molecular weight is 217 g/mol. The first-order valence-electron chi connectivity index (χ1n) is 5.73. The number of para-hydroxylation sites is 1. The second kappa shape index (κ2) is 6.19. The number of phenolic OH excluding ortho intramolecular Hbond substituents is 1. The summed E-state index contributed by atoms with van der Waals surface area (Å²) in [6, 6.07) is 7.56. The number of aromatic hydroxyl groups is 1. The predicted octanol–water partition coefficient (Wildman–Crippen LogP) is 2.84. The van der Waals surface area contributed by atoms with Crippen LogP contribution >= 0.6 is 0 Å². The molecule has 2 nitrogen and oxygen atoms in total. The third-order valence-corrected chi connectivity index (χ3v) is 2.73. The van der Waals surface area contributed by atoms with Gasteiger partial charge in [0, 0.05) is 11.6 Å². The van der Waals surface area contributed by atoms with Crippen molar-refractivity contribution in [2.45, 2.75) is 38.8 Å². The number of terminal acetylenes is 1. The molecule has 0 bridgehead atoms. The molecule has 16 heavy (non-hydrogen) atoms. The van der Waals surface area contributed by atoms with E-state index in [9.17, 15) is 5.11 Å². The van der Waals surface area contributed by atoms with Crippen LogP contribution in [0.15, 0.2) is 24.3 Å². The van der Waals surface area contributed by atoms with Crippen molar-refractivity contribution >= 4 is 0 Å². The monoisotopic (exact) mass is 217 g/mol. The van der Waals surface area contributed by atoms with Gasteiger partial charge in [0.1, 0.15) is 5.75 Å². The molecule has 0 aliphatic carbocycles. The van der Waals surface area contributed by atoms with Crippen molar-refractivity contribution in [1.82, 2.24) is 5.32 Å². The van der Waals surface area contributed by atoms with E-state index in [2.05, 4.69) is 25.1 Å². The zero-order chi connectivity index (χ0) is 12.0. The van der Waals surface area contributed by atoms with Crippen molar-refractivity contribution in [3.8, 4) is 18.1 Å². The fraction of sp³-hybridized carbons (Fsp3) is 0.429. The highest BCUT2D eigenvalue weighted by atomic mass is 16.3. The fourth-order valence-corrected chi connectivity index (χ4v) is 1.74. The van der Waals surface area contributed by atoms with Crippen LogP contribution in [0.5, 0.6) is 5.75 Å². The van der Waals surface area contributed by atoms with Gasteiger partial charge in [-0.15, -0.1) is 6.42 Å². The molecule has 2 unspecified atom stereocenters. The van der Waals surface area contributed by atoms with E-state index in [-0.39, 0.29) is 12.1 Å². The molecule has 0 fully saturated rings. The lowest BCUT2D eigenvalue weighted by molar-refractivity contribution is 0.427. The molecule has 0 heterocycles. The first-order chi connectivity index (χ1) is 7.72. The van der Waals surface area contributed by atoms with Gasteiger partial charge in [0.2, 0.25) is 0 Å². The van der Waals surface area contributed by atoms with Gasteiger partial charge >= 0.3 is 0 Å². The number of nitrogens with one attached hydrogen (secondary N) is 1. The van der Waals surface area contributed by atoms with Gasteiger partial charge < -0.3 is 5.11 Å². The maximum absolute atomic E-state index is 9.78. The van der Waals surface area contributed by atoms with Crippen LogP contribution in [0, 0.1) is 12.3 Å². The van der Waals surface area contributed by atoms with Crippen molar-refractivity contribution in [1.29, 1.82) is 0 Å². The quantitative estimate of drug-likeness (QED) is 0.743. The van der Waals surface area contributed by atoms with Gasteiger partial charge in [-0.1, -0.05) is 38.0 Å². The molecule has 0 spiro atoms. The van der Waals surface area contributed by atoms with E-state index in [0.717, 1.165) is 18.4 Å². The summed E-state index contributed by atoms with van der Waals surface area (Å²) in [6.07, 6.45) is 7.22. The Labute approximate surface area is 97.7 Å². The largest absolute Gasteiger partial charge is 0.508 e. The normalized spacial score (nSPS) is 14.1. The lowest BCUT2D eigenvalue weighted by atomic mass is 10.0. The number of hydrogen-bond donors (Lipinski definition) is 2. The van der Waals surface area contributed by atoms with E-state index >= 15 is 0 Å². The Hall–Kier alpha value is -1.46. The zero-order valence-electron chi connectivity index (χ0n) is 9.90. The third-order valence-electron chi connectivity index (χ3n) is 2.73. The van der Waals surface area contributed by atoms with Crippen molar-refractivity contribution in [3.05, 3.63) is 29.8 Å². The Bertz CT molecular complexity index is 367. The van der Waals surface area contributed by atoms with Gasteiger partial charge in [0.25, 0.3) is 0 Å². The molecule has 0 amide bonds. The first kappa shape index (κ1) is 12.6. The number of benzene rings is 1. The number of rotatable bonds is 5. The summed E-state index contributed by atoms with van der Waals surface area (Å²) in [5.41, 5.74) is 0.915. The zero-order valence-corrected chi connectivity index (χ0v) is 9.90. The highest BCUT2D eigenvalue weighted by Gasteiger charge is 2.15. The van der Waals surface area contributed by atoms with Crippen molar-refractivity contribution in [2.75, 3.05) is 0 Å². The van der Waals surface area contributed by atoms with Crippen LogP contribution in [-0.4, -0.2) is 11.1 Å². The van der Waals surface area contributed by atoms with Crippen LogP contribution in [0.1, 0.15) is 38.3 Å². The summed E-state index contributed by atoms with van der Waals surface area (Å²) in [6.45, 7) is 4.13. The van der Waals surface area contributed by atoms with Crippen molar-refractivity contribution in [3.63, 3.8) is 0 Å². The Morgan fingerprint density at radius 2 is 2.00 bits per heavy atom. The maximum atomic E-state index is 9.78. The van der Waals surface area contributed by atoms with E-state index < -0.39 is 0 Å². The molecule has 0 aromatic heterocycles. The molecular weight excluding hydrogens is 198 g/mol. The molecule has 1 aromatic carbocycles. The Balaban J connectivity index is 2.83. The minimum atomic E-state index is 0.0598. The molecule has 0 saturated heterocycles. The van der Waals surface area contributed by atoms with Crippen molar-refractivity contribution in [2.24, 2.45) is 0 Å². The summed E-state index contributed by atoms with van der Waals surface area (Å²) in [5.74, 6) is 3.04. The topological polar surface area (TPSA) is 32.3 Å². The van der Waals surface area contributed by atoms with Gasteiger partial charge in [-0.25, -0.2) is 0 Å². The minimum absolute atomic E-state index is 0.0598. The SMILES string of the molecule is C#CC(CC)NC(CC)c1ccccc1O. The predicted molar refractivity (Wildman–Crippen MR) is 67.2 cm³/mol. The highest BCUT2D eigenvalue weighted by molar-refractivity contribution is 5.34. The second-order valence-corrected chi connectivity index (χ2v) is 3.81. The average Bonchev–Trinajstić information content (AvgIpc) is 2.32. The Morgan fingerprint density at radius 3 is 2.50 bits per heavy atom. The number of phenols is 1. The molecule has 0 aliphatic rings. The molecule has 2 N–H and O–H groups in total. The summed E-state index contributed by atoms with van der Waals surface area (Å²) in [4.78, 5) is 0. The molecular formula is C14H19NO. The van der Waals surface area contributed by atoms with Gasteiger partial charge in [0.05, 0.1) is 6.04 Å². The molecule has 86 valence electrons. The second-order valence-electron chi connectivity index (χ2n) is 3.81. The standard InChI is InChI=1S/C14H19NO/c1-4-11(5-2)15-13(6-3)12-9-7-8-10-14(12)16/h1,7-11,13,15-16H,5-6H2,2-3H3. The summed E-state index contributed by atoms with van der Waals surface area (Å²) in [5, 5.41) is 13.1. The van der Waals surface area contributed by atoms with E-state index in [1.807, 2.05) is 18.2 Å². The van der Waals surface area contributed by atoms with Crippen molar-refractivity contribution < 1.29 is 5.11 Å². The molecule has 0 radical (unpaired) electrons. The smallest absolute Gasteiger partial charge is 0.120 e.